The fraction of sp³-hybridized carbons (Fsp3) is 0.174. The number of rotatable bonds is 4. The van der Waals surface area contributed by atoms with Crippen molar-refractivity contribution >= 4 is 17.3 Å². The fourth-order valence-electron chi connectivity index (χ4n) is 3.24. The van der Waals surface area contributed by atoms with Gasteiger partial charge in [0.25, 0.3) is 0 Å². The normalized spacial score (nSPS) is 11.3. The molecule has 0 aliphatic heterocycles. The fourth-order valence-corrected chi connectivity index (χ4v) is 3.24. The average molecular weight is 359 g/mol. The predicted molar refractivity (Wildman–Crippen MR) is 109 cm³/mol. The van der Waals surface area contributed by atoms with Crippen molar-refractivity contribution in [3.63, 3.8) is 0 Å². The van der Waals surface area contributed by atoms with Crippen LogP contribution in [0.3, 0.4) is 0 Å². The molecule has 0 fully saturated rings. The van der Waals surface area contributed by atoms with Crippen molar-refractivity contribution in [3.8, 4) is 11.8 Å². The van der Waals surface area contributed by atoms with Crippen LogP contribution in [0.4, 0.5) is 10.1 Å². The van der Waals surface area contributed by atoms with Gasteiger partial charge in [0, 0.05) is 42.4 Å². The molecule has 0 saturated carbocycles. The molecule has 0 amide bonds. The van der Waals surface area contributed by atoms with E-state index >= 15 is 0 Å². The summed E-state index contributed by atoms with van der Waals surface area (Å²) in [6, 6.07) is 18.8. The Morgan fingerprint density at radius 1 is 1.07 bits per heavy atom. The molecule has 1 aromatic heterocycles. The lowest BCUT2D eigenvalue weighted by molar-refractivity contribution is 0.624. The first-order valence-corrected chi connectivity index (χ1v) is 8.75. The maximum atomic E-state index is 14.1. The molecule has 0 saturated heterocycles. The third-order valence-corrected chi connectivity index (χ3v) is 4.68. The van der Waals surface area contributed by atoms with Gasteiger partial charge in [-0.3, -0.25) is 0 Å². The van der Waals surface area contributed by atoms with Crippen molar-refractivity contribution in [2.75, 3.05) is 19.0 Å². The number of nitrogens with zero attached hydrogens (tertiary/aromatic N) is 3. The molecule has 136 valence electrons. The highest BCUT2D eigenvalue weighted by molar-refractivity contribution is 5.90. The lowest BCUT2D eigenvalue weighted by Crippen LogP contribution is -2.08. The third kappa shape index (κ3) is 3.63. The standard InChI is InChI=1S/C23H22FN3/c1-16-13-18(14-19(15-25)22-7-5-6-8-23(22)24)17(2)27(16)21-11-9-20(10-12-21)26(3)4/h5-14H,1-4H3/b19-14-. The second-order valence-electron chi connectivity index (χ2n) is 6.72. The second-order valence-corrected chi connectivity index (χ2v) is 6.72. The summed E-state index contributed by atoms with van der Waals surface area (Å²) in [6.45, 7) is 4.04. The van der Waals surface area contributed by atoms with Crippen molar-refractivity contribution in [2.45, 2.75) is 13.8 Å². The van der Waals surface area contributed by atoms with Gasteiger partial charge >= 0.3 is 0 Å². The van der Waals surface area contributed by atoms with Crippen LogP contribution in [0.5, 0.6) is 0 Å². The quantitative estimate of drug-likeness (QED) is 0.587. The van der Waals surface area contributed by atoms with Crippen LogP contribution in [0, 0.1) is 31.0 Å². The molecule has 27 heavy (non-hydrogen) atoms. The highest BCUT2D eigenvalue weighted by Crippen LogP contribution is 2.27. The summed E-state index contributed by atoms with van der Waals surface area (Å²) in [6.07, 6.45) is 1.76. The van der Waals surface area contributed by atoms with Crippen LogP contribution in [-0.4, -0.2) is 18.7 Å². The highest BCUT2D eigenvalue weighted by Gasteiger charge is 2.12. The van der Waals surface area contributed by atoms with Gasteiger partial charge in [-0.2, -0.15) is 5.26 Å². The van der Waals surface area contributed by atoms with Crippen molar-refractivity contribution in [1.82, 2.24) is 4.57 Å². The molecule has 3 nitrogen and oxygen atoms in total. The SMILES string of the molecule is Cc1cc(/C=C(/C#N)c2ccccc2F)c(C)n1-c1ccc(N(C)C)cc1. The van der Waals surface area contributed by atoms with E-state index in [9.17, 15) is 9.65 Å². The molecule has 0 atom stereocenters. The molecule has 3 aromatic rings. The van der Waals surface area contributed by atoms with E-state index in [1.165, 1.54) is 6.07 Å². The topological polar surface area (TPSA) is 32.0 Å². The lowest BCUT2D eigenvalue weighted by Gasteiger charge is -2.15. The molecule has 0 aliphatic rings. The van der Waals surface area contributed by atoms with Crippen molar-refractivity contribution in [3.05, 3.63) is 82.9 Å². The molecule has 0 unspecified atom stereocenters. The summed E-state index contributed by atoms with van der Waals surface area (Å²) in [7, 11) is 4.02. The smallest absolute Gasteiger partial charge is 0.131 e. The summed E-state index contributed by atoms with van der Waals surface area (Å²) in [5, 5.41) is 9.54. The van der Waals surface area contributed by atoms with Gasteiger partial charge in [-0.05, 0) is 61.9 Å². The van der Waals surface area contributed by atoms with Crippen LogP contribution in [0.1, 0.15) is 22.5 Å². The number of aryl methyl sites for hydroxylation is 1. The minimum absolute atomic E-state index is 0.316. The van der Waals surface area contributed by atoms with Crippen LogP contribution in [-0.2, 0) is 0 Å². The van der Waals surface area contributed by atoms with Gasteiger partial charge in [0.15, 0.2) is 0 Å². The Morgan fingerprint density at radius 2 is 1.74 bits per heavy atom. The van der Waals surface area contributed by atoms with Gasteiger partial charge in [0.1, 0.15) is 5.82 Å². The molecule has 4 heteroatoms. The zero-order valence-corrected chi connectivity index (χ0v) is 16.0. The average Bonchev–Trinajstić information content (AvgIpc) is 2.93. The molecule has 0 N–H and O–H groups in total. The Morgan fingerprint density at radius 3 is 2.33 bits per heavy atom. The van der Waals surface area contributed by atoms with Crippen LogP contribution in [0.25, 0.3) is 17.3 Å². The molecule has 1 heterocycles. The number of halogens is 1. The Balaban J connectivity index is 2.05. The summed E-state index contributed by atoms with van der Waals surface area (Å²) in [5.41, 5.74) is 5.80. The zero-order chi connectivity index (χ0) is 19.6. The number of benzene rings is 2. The zero-order valence-electron chi connectivity index (χ0n) is 16.0. The molecule has 0 spiro atoms. The largest absolute Gasteiger partial charge is 0.378 e. The first-order chi connectivity index (χ1) is 12.9. The van der Waals surface area contributed by atoms with Gasteiger partial charge in [0.2, 0.25) is 0 Å². The van der Waals surface area contributed by atoms with E-state index in [1.54, 1.807) is 24.3 Å². The van der Waals surface area contributed by atoms with Gasteiger partial charge in [-0.1, -0.05) is 18.2 Å². The monoisotopic (exact) mass is 359 g/mol. The van der Waals surface area contributed by atoms with E-state index in [4.69, 9.17) is 0 Å². The number of hydrogen-bond donors (Lipinski definition) is 0. The molecule has 0 bridgehead atoms. The van der Waals surface area contributed by atoms with Gasteiger partial charge in [-0.15, -0.1) is 0 Å². The maximum Gasteiger partial charge on any atom is 0.131 e. The second kappa shape index (κ2) is 7.51. The van der Waals surface area contributed by atoms with E-state index in [0.29, 0.717) is 11.1 Å². The minimum Gasteiger partial charge on any atom is -0.378 e. The lowest BCUT2D eigenvalue weighted by atomic mass is 10.0. The minimum atomic E-state index is -0.390. The Bertz CT molecular complexity index is 1030. The van der Waals surface area contributed by atoms with Crippen molar-refractivity contribution < 1.29 is 4.39 Å². The first kappa shape index (κ1) is 18.5. The van der Waals surface area contributed by atoms with Crippen molar-refractivity contribution in [2.24, 2.45) is 0 Å². The summed E-state index contributed by atoms with van der Waals surface area (Å²) in [4.78, 5) is 2.06. The molecule has 3 rings (SSSR count). The van der Waals surface area contributed by atoms with E-state index < -0.39 is 5.82 Å². The summed E-state index contributed by atoms with van der Waals surface area (Å²) < 4.78 is 16.2. The van der Waals surface area contributed by atoms with Crippen LogP contribution in [0.2, 0.25) is 0 Å². The van der Waals surface area contributed by atoms with E-state index in [2.05, 4.69) is 39.8 Å². The number of nitriles is 1. The Hall–Kier alpha value is -3.32. The summed E-state index contributed by atoms with van der Waals surface area (Å²) in [5.74, 6) is -0.390. The Labute approximate surface area is 159 Å². The van der Waals surface area contributed by atoms with E-state index in [0.717, 1.165) is 28.3 Å². The molecular formula is C23H22FN3. The van der Waals surface area contributed by atoms with E-state index in [1.807, 2.05) is 34.0 Å². The van der Waals surface area contributed by atoms with E-state index in [-0.39, 0.29) is 0 Å². The van der Waals surface area contributed by atoms with Crippen molar-refractivity contribution in [1.29, 1.82) is 5.26 Å². The number of aromatic nitrogens is 1. The maximum absolute atomic E-state index is 14.1. The highest BCUT2D eigenvalue weighted by atomic mass is 19.1. The first-order valence-electron chi connectivity index (χ1n) is 8.75. The Kier molecular flexibility index (Phi) is 5.14. The molecular weight excluding hydrogens is 337 g/mol. The van der Waals surface area contributed by atoms with Crippen LogP contribution in [0.15, 0.2) is 54.6 Å². The van der Waals surface area contributed by atoms with Gasteiger partial charge in [-0.25, -0.2) is 4.39 Å². The number of hydrogen-bond acceptors (Lipinski definition) is 2. The van der Waals surface area contributed by atoms with Crippen LogP contribution >= 0.6 is 0 Å². The predicted octanol–water partition coefficient (Wildman–Crippen LogP) is 5.36. The number of allylic oxidation sites excluding steroid dienone is 1. The van der Waals surface area contributed by atoms with Crippen LogP contribution < -0.4 is 4.90 Å². The molecule has 2 aromatic carbocycles. The van der Waals surface area contributed by atoms with Gasteiger partial charge in [0.05, 0.1) is 11.6 Å². The molecule has 0 aliphatic carbocycles. The third-order valence-electron chi connectivity index (χ3n) is 4.68. The summed E-state index contributed by atoms with van der Waals surface area (Å²) >= 11 is 0. The molecule has 0 radical (unpaired) electrons. The van der Waals surface area contributed by atoms with Gasteiger partial charge < -0.3 is 9.47 Å². The number of anilines is 1.